The lowest BCUT2D eigenvalue weighted by Gasteiger charge is -2.12. The predicted octanol–water partition coefficient (Wildman–Crippen LogP) is 6.67. The first kappa shape index (κ1) is 18.8. The molecule has 5 rings (SSSR count). The Labute approximate surface area is 182 Å². The molecule has 0 radical (unpaired) electrons. The van der Waals surface area contributed by atoms with Gasteiger partial charge in [0.25, 0.3) is 0 Å². The molecule has 0 aliphatic rings. The molecule has 0 saturated carbocycles. The third kappa shape index (κ3) is 3.84. The summed E-state index contributed by atoms with van der Waals surface area (Å²) in [6, 6.07) is 43.1. The van der Waals surface area contributed by atoms with Crippen LogP contribution in [0.4, 0.5) is 0 Å². The summed E-state index contributed by atoms with van der Waals surface area (Å²) in [5.41, 5.74) is 7.58. The van der Waals surface area contributed by atoms with Crippen molar-refractivity contribution in [2.45, 2.75) is 0 Å². The highest BCUT2D eigenvalue weighted by Gasteiger charge is 2.25. The number of benzene rings is 4. The van der Waals surface area contributed by atoms with Crippen LogP contribution in [0.1, 0.15) is 0 Å². The van der Waals surface area contributed by atoms with Gasteiger partial charge in [0.2, 0.25) is 17.1 Å². The summed E-state index contributed by atoms with van der Waals surface area (Å²) in [4.78, 5) is 0. The second-order valence-electron chi connectivity index (χ2n) is 7.47. The van der Waals surface area contributed by atoms with E-state index in [1.54, 1.807) is 12.1 Å². The first-order valence-electron chi connectivity index (χ1n) is 10.4. The van der Waals surface area contributed by atoms with E-state index in [4.69, 9.17) is 0 Å². The first-order valence-corrected chi connectivity index (χ1v) is 10.4. The molecule has 1 aromatic heterocycles. The second kappa shape index (κ2) is 8.29. The van der Waals surface area contributed by atoms with Crippen LogP contribution in [0.3, 0.4) is 0 Å². The lowest BCUT2D eigenvalue weighted by atomic mass is 9.98. The summed E-state index contributed by atoms with van der Waals surface area (Å²) in [7, 11) is 0. The van der Waals surface area contributed by atoms with Crippen molar-refractivity contribution in [3.8, 4) is 45.1 Å². The summed E-state index contributed by atoms with van der Waals surface area (Å²) >= 11 is 0. The zero-order valence-electron chi connectivity index (χ0n) is 17.0. The zero-order valence-corrected chi connectivity index (χ0v) is 17.0. The summed E-state index contributed by atoms with van der Waals surface area (Å²) in [6.45, 7) is 0. The minimum Gasteiger partial charge on any atom is -0.508 e. The number of aromatic hydroxyl groups is 1. The van der Waals surface area contributed by atoms with Crippen LogP contribution in [0.2, 0.25) is 0 Å². The Bertz CT molecular complexity index is 1250. The fraction of sp³-hybridized carbons (Fsp3) is 0. The van der Waals surface area contributed by atoms with E-state index in [0.29, 0.717) is 0 Å². The smallest absolute Gasteiger partial charge is 0.219 e. The Balaban J connectivity index is 1.88. The number of hydrogen-bond acceptors (Lipinski definition) is 1. The predicted molar refractivity (Wildman–Crippen MR) is 126 cm³/mol. The number of phenols is 1. The van der Waals surface area contributed by atoms with Gasteiger partial charge in [-0.3, -0.25) is 0 Å². The van der Waals surface area contributed by atoms with Crippen molar-refractivity contribution in [1.82, 2.24) is 0 Å². The molecule has 2 heteroatoms. The number of aromatic nitrogens is 1. The molecule has 2 nitrogen and oxygen atoms in total. The van der Waals surface area contributed by atoms with Gasteiger partial charge in [-0.25, -0.2) is 0 Å². The van der Waals surface area contributed by atoms with Gasteiger partial charge in [0.05, 0.1) is 6.07 Å². The molecule has 0 atom stereocenters. The Morgan fingerprint density at radius 1 is 0.419 bits per heavy atom. The van der Waals surface area contributed by atoms with Gasteiger partial charge in [-0.2, -0.15) is 4.57 Å². The van der Waals surface area contributed by atoms with Crippen LogP contribution in [0.15, 0.2) is 127 Å². The van der Waals surface area contributed by atoms with Crippen LogP contribution in [0, 0.1) is 0 Å². The molecule has 0 aliphatic heterocycles. The molecular weight excluding hydrogens is 378 g/mol. The van der Waals surface area contributed by atoms with E-state index < -0.39 is 0 Å². The molecule has 5 aromatic rings. The molecule has 0 bridgehead atoms. The van der Waals surface area contributed by atoms with Crippen molar-refractivity contribution >= 4 is 0 Å². The molecule has 148 valence electrons. The number of pyridine rings is 1. The van der Waals surface area contributed by atoms with Gasteiger partial charge in [0, 0.05) is 29.3 Å². The largest absolute Gasteiger partial charge is 0.508 e. The van der Waals surface area contributed by atoms with Gasteiger partial charge in [-0.15, -0.1) is 0 Å². The van der Waals surface area contributed by atoms with Gasteiger partial charge < -0.3 is 5.11 Å². The fourth-order valence-electron chi connectivity index (χ4n) is 3.95. The van der Waals surface area contributed by atoms with Gasteiger partial charge in [0.1, 0.15) is 5.75 Å². The van der Waals surface area contributed by atoms with Gasteiger partial charge in [0.15, 0.2) is 0 Å². The minimum atomic E-state index is 0.246. The molecule has 31 heavy (non-hydrogen) atoms. The quantitative estimate of drug-likeness (QED) is 0.335. The fourth-order valence-corrected chi connectivity index (χ4v) is 3.95. The molecule has 0 saturated heterocycles. The van der Waals surface area contributed by atoms with E-state index >= 15 is 0 Å². The third-order valence-electron chi connectivity index (χ3n) is 5.40. The maximum absolute atomic E-state index is 10.2. The maximum atomic E-state index is 10.2. The van der Waals surface area contributed by atoms with Crippen molar-refractivity contribution in [1.29, 1.82) is 0 Å². The van der Waals surface area contributed by atoms with Crippen molar-refractivity contribution in [2.24, 2.45) is 0 Å². The number of hydrogen-bond donors (Lipinski definition) is 1. The van der Waals surface area contributed by atoms with Crippen molar-refractivity contribution < 1.29 is 9.67 Å². The normalized spacial score (nSPS) is 10.7. The van der Waals surface area contributed by atoms with Crippen LogP contribution < -0.4 is 4.57 Å². The van der Waals surface area contributed by atoms with Crippen molar-refractivity contribution in [3.63, 3.8) is 0 Å². The highest BCUT2D eigenvalue weighted by Crippen LogP contribution is 2.30. The highest BCUT2D eigenvalue weighted by atomic mass is 16.3. The van der Waals surface area contributed by atoms with Gasteiger partial charge >= 0.3 is 0 Å². The van der Waals surface area contributed by atoms with Crippen LogP contribution >= 0.6 is 0 Å². The van der Waals surface area contributed by atoms with Gasteiger partial charge in [-0.1, -0.05) is 72.8 Å². The van der Waals surface area contributed by atoms with E-state index in [9.17, 15) is 5.11 Å². The molecular formula is C29H22NO+. The number of phenolic OH excluding ortho intramolecular Hbond substituents is 1. The summed E-state index contributed by atoms with van der Waals surface area (Å²) < 4.78 is 2.22. The molecule has 0 spiro atoms. The minimum absolute atomic E-state index is 0.246. The molecule has 1 N–H and O–H groups in total. The summed E-state index contributed by atoms with van der Waals surface area (Å²) in [6.07, 6.45) is 0. The Morgan fingerprint density at radius 3 is 1.39 bits per heavy atom. The van der Waals surface area contributed by atoms with Crippen molar-refractivity contribution in [2.75, 3.05) is 0 Å². The first-order chi connectivity index (χ1) is 15.3. The molecule has 0 unspecified atom stereocenters. The van der Waals surface area contributed by atoms with E-state index in [2.05, 4.69) is 89.5 Å². The van der Waals surface area contributed by atoms with Crippen LogP contribution in [-0.4, -0.2) is 5.11 Å². The van der Waals surface area contributed by atoms with Gasteiger partial charge in [-0.05, 0) is 41.5 Å². The van der Waals surface area contributed by atoms with E-state index in [1.165, 1.54) is 5.56 Å². The maximum Gasteiger partial charge on any atom is 0.219 e. The number of nitrogens with zero attached hydrogens (tertiary/aromatic N) is 1. The SMILES string of the molecule is Oc1cccc(-[n+]2c(-c3ccccc3)cc(-c3ccccc3)cc2-c2ccccc2)c1. The van der Waals surface area contributed by atoms with Crippen LogP contribution in [0.25, 0.3) is 39.3 Å². The summed E-state index contributed by atoms with van der Waals surface area (Å²) in [5.74, 6) is 0.246. The Morgan fingerprint density at radius 2 is 0.903 bits per heavy atom. The lowest BCUT2D eigenvalue weighted by molar-refractivity contribution is -0.572. The molecule has 0 aliphatic carbocycles. The molecule has 1 heterocycles. The highest BCUT2D eigenvalue weighted by molar-refractivity contribution is 5.74. The average molecular weight is 401 g/mol. The van der Waals surface area contributed by atoms with E-state index in [0.717, 1.165) is 33.8 Å². The monoisotopic (exact) mass is 400 g/mol. The Kier molecular flexibility index (Phi) is 5.04. The second-order valence-corrected chi connectivity index (χ2v) is 7.47. The molecule has 0 fully saturated rings. The van der Waals surface area contributed by atoms with Crippen LogP contribution in [-0.2, 0) is 0 Å². The van der Waals surface area contributed by atoms with Crippen molar-refractivity contribution in [3.05, 3.63) is 127 Å². The molecule has 4 aromatic carbocycles. The van der Waals surface area contributed by atoms with E-state index in [1.807, 2.05) is 30.3 Å². The topological polar surface area (TPSA) is 24.1 Å². The zero-order chi connectivity index (χ0) is 21.0. The third-order valence-corrected chi connectivity index (χ3v) is 5.40. The Hall–Kier alpha value is -4.17. The molecule has 0 amide bonds. The van der Waals surface area contributed by atoms with E-state index in [-0.39, 0.29) is 5.75 Å². The number of rotatable bonds is 4. The van der Waals surface area contributed by atoms with Crippen LogP contribution in [0.5, 0.6) is 5.75 Å². The summed E-state index contributed by atoms with van der Waals surface area (Å²) in [5, 5.41) is 10.2. The standard InChI is InChI=1S/C29H21NO/c31-27-18-10-17-26(21-27)30-28(23-13-6-2-7-14-23)19-25(22-11-4-1-5-12-22)20-29(30)24-15-8-3-9-16-24/h1-21H/p+1. The average Bonchev–Trinajstić information content (AvgIpc) is 2.85. The lowest BCUT2D eigenvalue weighted by Crippen LogP contribution is -2.36.